The van der Waals surface area contributed by atoms with E-state index in [4.69, 9.17) is 5.11 Å². The molecule has 0 aromatic heterocycles. The highest BCUT2D eigenvalue weighted by Crippen LogP contribution is 1.96. The fourth-order valence-electron chi connectivity index (χ4n) is 0.594. The molecule has 0 bridgehead atoms. The fourth-order valence-corrected chi connectivity index (χ4v) is 0.594. The van der Waals surface area contributed by atoms with E-state index in [-0.39, 0.29) is 6.61 Å². The van der Waals surface area contributed by atoms with Crippen LogP contribution >= 0.6 is 0 Å². The molecule has 0 aliphatic rings. The van der Waals surface area contributed by atoms with Crippen molar-refractivity contribution in [3.8, 4) is 0 Å². The largest absolute Gasteiger partial charge is 0.390 e. The highest BCUT2D eigenvalue weighted by atomic mass is 16.3. The third kappa shape index (κ3) is 5.63. The van der Waals surface area contributed by atoms with Crippen LogP contribution in [0, 0.1) is 5.92 Å². The quantitative estimate of drug-likeness (QED) is 0.604. The minimum absolute atomic E-state index is 0.0398. The van der Waals surface area contributed by atoms with Gasteiger partial charge < -0.3 is 10.4 Å². The molecule has 0 radical (unpaired) electrons. The zero-order chi connectivity index (χ0) is 7.98. The van der Waals surface area contributed by atoms with E-state index in [1.807, 2.05) is 0 Å². The zero-order valence-corrected chi connectivity index (χ0v) is 6.85. The molecule has 0 aliphatic heterocycles. The van der Waals surface area contributed by atoms with Crippen molar-refractivity contribution in [2.45, 2.75) is 20.3 Å². The average molecular weight is 143 g/mol. The van der Waals surface area contributed by atoms with E-state index in [9.17, 15) is 0 Å². The molecule has 0 saturated carbocycles. The molecule has 0 fully saturated rings. The van der Waals surface area contributed by atoms with E-state index >= 15 is 0 Å². The minimum Gasteiger partial charge on any atom is -0.390 e. The molecule has 2 heteroatoms. The van der Waals surface area contributed by atoms with E-state index < -0.39 is 0 Å². The van der Waals surface area contributed by atoms with Crippen LogP contribution in [0.4, 0.5) is 0 Å². The second kappa shape index (κ2) is 5.30. The van der Waals surface area contributed by atoms with Gasteiger partial charge in [0.05, 0.1) is 6.61 Å². The van der Waals surface area contributed by atoms with Gasteiger partial charge in [0.1, 0.15) is 0 Å². The van der Waals surface area contributed by atoms with Gasteiger partial charge in [-0.05, 0) is 12.3 Å². The summed E-state index contributed by atoms with van der Waals surface area (Å²) in [6.07, 6.45) is 1.12. The second-order valence-electron chi connectivity index (χ2n) is 2.87. The van der Waals surface area contributed by atoms with Gasteiger partial charge in [-0.3, -0.25) is 0 Å². The molecule has 0 aromatic rings. The molecule has 0 spiro atoms. The lowest BCUT2D eigenvalue weighted by Gasteiger charge is -2.07. The first-order valence-electron chi connectivity index (χ1n) is 3.69. The van der Waals surface area contributed by atoms with Crippen LogP contribution in [0.15, 0.2) is 12.3 Å². The molecule has 0 rings (SSSR count). The smallest absolute Gasteiger partial charge is 0.0821 e. The van der Waals surface area contributed by atoms with Gasteiger partial charge in [-0.1, -0.05) is 20.4 Å². The summed E-state index contributed by atoms with van der Waals surface area (Å²) in [4.78, 5) is 0. The van der Waals surface area contributed by atoms with E-state index in [2.05, 4.69) is 25.7 Å². The number of rotatable bonds is 5. The average Bonchev–Trinajstić information content (AvgIpc) is 1.87. The summed E-state index contributed by atoms with van der Waals surface area (Å²) in [5.74, 6) is 0.707. The van der Waals surface area contributed by atoms with Crippen LogP contribution in [-0.4, -0.2) is 18.3 Å². The lowest BCUT2D eigenvalue weighted by atomic mass is 10.1. The summed E-state index contributed by atoms with van der Waals surface area (Å²) >= 11 is 0. The summed E-state index contributed by atoms with van der Waals surface area (Å²) in [5, 5.41) is 11.6. The molecule has 0 atom stereocenters. The Bertz CT molecular complexity index is 99.4. The summed E-state index contributed by atoms with van der Waals surface area (Å²) in [5.41, 5.74) is 0.709. The maximum atomic E-state index is 8.54. The number of hydrogen-bond acceptors (Lipinski definition) is 2. The van der Waals surface area contributed by atoms with Crippen molar-refractivity contribution in [3.63, 3.8) is 0 Å². The molecule has 0 aromatic carbocycles. The highest BCUT2D eigenvalue weighted by molar-refractivity contribution is 4.89. The maximum absolute atomic E-state index is 8.54. The zero-order valence-electron chi connectivity index (χ0n) is 6.85. The summed E-state index contributed by atoms with van der Waals surface area (Å²) in [6, 6.07) is 0. The molecule has 0 unspecified atom stereocenters. The molecule has 0 saturated heterocycles. The van der Waals surface area contributed by atoms with Gasteiger partial charge in [0.25, 0.3) is 0 Å². The third-order valence-corrected chi connectivity index (χ3v) is 1.29. The van der Waals surface area contributed by atoms with Crippen molar-refractivity contribution < 1.29 is 5.11 Å². The predicted octanol–water partition coefficient (Wildman–Crippen LogP) is 1.13. The van der Waals surface area contributed by atoms with E-state index in [0.29, 0.717) is 11.6 Å². The Labute approximate surface area is 62.9 Å². The number of hydrogen-bond donors (Lipinski definition) is 2. The van der Waals surface area contributed by atoms with Crippen molar-refractivity contribution in [3.05, 3.63) is 12.3 Å². The number of nitrogens with one attached hydrogen (secondary N) is 1. The Morgan fingerprint density at radius 3 is 2.60 bits per heavy atom. The predicted molar refractivity (Wildman–Crippen MR) is 43.7 cm³/mol. The van der Waals surface area contributed by atoms with Crippen molar-refractivity contribution in [2.24, 2.45) is 5.92 Å². The third-order valence-electron chi connectivity index (χ3n) is 1.29. The van der Waals surface area contributed by atoms with E-state index in [1.165, 1.54) is 0 Å². The molecule has 2 N–H and O–H groups in total. The van der Waals surface area contributed by atoms with Crippen molar-refractivity contribution in [2.75, 3.05) is 13.2 Å². The van der Waals surface area contributed by atoms with Gasteiger partial charge in [-0.15, -0.1) is 0 Å². The molecular formula is C8H17NO. The molecular weight excluding hydrogens is 126 g/mol. The fraction of sp³-hybridized carbons (Fsp3) is 0.750. The maximum Gasteiger partial charge on any atom is 0.0821 e. The van der Waals surface area contributed by atoms with Crippen LogP contribution in [0.2, 0.25) is 0 Å². The van der Waals surface area contributed by atoms with Crippen LogP contribution in [0.25, 0.3) is 0 Å². The Hall–Kier alpha value is -0.500. The van der Waals surface area contributed by atoms with Crippen LogP contribution in [0.1, 0.15) is 20.3 Å². The molecule has 0 amide bonds. The van der Waals surface area contributed by atoms with Gasteiger partial charge in [0, 0.05) is 12.2 Å². The SMILES string of the molecule is C=C(CO)NCCC(C)C. The van der Waals surface area contributed by atoms with Gasteiger partial charge in [-0.25, -0.2) is 0 Å². The first-order chi connectivity index (χ1) is 4.66. The molecule has 10 heavy (non-hydrogen) atoms. The van der Waals surface area contributed by atoms with Gasteiger partial charge in [-0.2, -0.15) is 0 Å². The Morgan fingerprint density at radius 1 is 1.60 bits per heavy atom. The van der Waals surface area contributed by atoms with E-state index in [1.54, 1.807) is 0 Å². The van der Waals surface area contributed by atoms with E-state index in [0.717, 1.165) is 13.0 Å². The molecule has 60 valence electrons. The monoisotopic (exact) mass is 143 g/mol. The number of aliphatic hydroxyl groups excluding tert-OH is 1. The van der Waals surface area contributed by atoms with Crippen molar-refractivity contribution in [1.29, 1.82) is 0 Å². The molecule has 2 nitrogen and oxygen atoms in total. The minimum atomic E-state index is 0.0398. The lowest BCUT2D eigenvalue weighted by Crippen LogP contribution is -2.17. The van der Waals surface area contributed by atoms with Crippen LogP contribution < -0.4 is 5.32 Å². The van der Waals surface area contributed by atoms with Crippen LogP contribution in [0.5, 0.6) is 0 Å². The first-order valence-corrected chi connectivity index (χ1v) is 3.69. The topological polar surface area (TPSA) is 32.3 Å². The number of aliphatic hydroxyl groups is 1. The molecule has 0 heterocycles. The van der Waals surface area contributed by atoms with Crippen LogP contribution in [0.3, 0.4) is 0 Å². The second-order valence-corrected chi connectivity index (χ2v) is 2.87. The lowest BCUT2D eigenvalue weighted by molar-refractivity contribution is 0.321. The Morgan fingerprint density at radius 2 is 2.20 bits per heavy atom. The summed E-state index contributed by atoms with van der Waals surface area (Å²) < 4.78 is 0. The Balaban J connectivity index is 3.12. The first kappa shape index (κ1) is 9.50. The highest BCUT2D eigenvalue weighted by Gasteiger charge is 1.93. The normalized spacial score (nSPS) is 10.0. The summed E-state index contributed by atoms with van der Waals surface area (Å²) in [7, 11) is 0. The van der Waals surface area contributed by atoms with Gasteiger partial charge >= 0.3 is 0 Å². The van der Waals surface area contributed by atoms with Gasteiger partial charge in [0.2, 0.25) is 0 Å². The van der Waals surface area contributed by atoms with Crippen molar-refractivity contribution >= 4 is 0 Å². The van der Waals surface area contributed by atoms with Crippen LogP contribution in [-0.2, 0) is 0 Å². The Kier molecular flexibility index (Phi) is 5.03. The van der Waals surface area contributed by atoms with Gasteiger partial charge in [0.15, 0.2) is 0 Å². The standard InChI is InChI=1S/C8H17NO/c1-7(2)4-5-9-8(3)6-10/h7,9-10H,3-6H2,1-2H3. The summed E-state index contributed by atoms with van der Waals surface area (Å²) in [6.45, 7) is 8.90. The van der Waals surface area contributed by atoms with Crippen molar-refractivity contribution in [1.82, 2.24) is 5.32 Å². The molecule has 0 aliphatic carbocycles.